The minimum absolute atomic E-state index is 0.0253. The zero-order chi connectivity index (χ0) is 18.2. The van der Waals surface area contributed by atoms with Gasteiger partial charge >= 0.3 is 12.1 Å². The smallest absolute Gasteiger partial charge is 0.422 e. The van der Waals surface area contributed by atoms with Crippen molar-refractivity contribution >= 4 is 11.9 Å². The van der Waals surface area contributed by atoms with E-state index in [1.54, 1.807) is 18.0 Å². The van der Waals surface area contributed by atoms with Gasteiger partial charge in [0, 0.05) is 13.1 Å². The molecule has 0 unspecified atom stereocenters. The third-order valence-corrected chi connectivity index (χ3v) is 2.91. The summed E-state index contributed by atoms with van der Waals surface area (Å²) in [5.41, 5.74) is 0.594. The van der Waals surface area contributed by atoms with E-state index in [-0.39, 0.29) is 37.7 Å². The van der Waals surface area contributed by atoms with Crippen LogP contribution < -0.4 is 10.1 Å². The minimum atomic E-state index is -4.41. The zero-order valence-electron chi connectivity index (χ0n) is 13.1. The highest BCUT2D eigenvalue weighted by molar-refractivity contribution is 5.78. The lowest BCUT2D eigenvalue weighted by atomic mass is 10.2. The predicted molar refractivity (Wildman–Crippen MR) is 79.6 cm³/mol. The van der Waals surface area contributed by atoms with E-state index in [9.17, 15) is 22.8 Å². The Bertz CT molecular complexity index is 564. The normalized spacial score (nSPS) is 11.4. The molecule has 0 fully saturated rings. The van der Waals surface area contributed by atoms with Gasteiger partial charge in [-0.05, 0) is 24.7 Å². The third kappa shape index (κ3) is 8.99. The fraction of sp³-hybridized carbons (Fsp3) is 0.467. The zero-order valence-corrected chi connectivity index (χ0v) is 13.1. The number of nitrogens with zero attached hydrogens (tertiary/aromatic N) is 1. The molecule has 1 amide bonds. The van der Waals surface area contributed by atoms with Crippen LogP contribution in [0.3, 0.4) is 0 Å². The number of likely N-dealkylation sites (N-methyl/N-ethyl adjacent to an activating group) is 1. The van der Waals surface area contributed by atoms with Crippen LogP contribution >= 0.6 is 0 Å². The van der Waals surface area contributed by atoms with Gasteiger partial charge in [-0.25, -0.2) is 0 Å². The number of alkyl halides is 3. The van der Waals surface area contributed by atoms with Crippen LogP contribution in [0.15, 0.2) is 24.3 Å². The van der Waals surface area contributed by atoms with Crippen molar-refractivity contribution < 1.29 is 32.6 Å². The SMILES string of the molecule is CN(CCC(=O)O)CC(=O)NCc1cccc(OCC(F)(F)F)c1. The first kappa shape index (κ1) is 19.8. The molecule has 1 rings (SSSR count). The molecular weight excluding hydrogens is 329 g/mol. The number of benzene rings is 1. The molecule has 24 heavy (non-hydrogen) atoms. The number of carboxylic acids is 1. The predicted octanol–water partition coefficient (Wildman–Crippen LogP) is 1.65. The van der Waals surface area contributed by atoms with Crippen molar-refractivity contribution in [3.05, 3.63) is 29.8 Å². The van der Waals surface area contributed by atoms with Crippen molar-refractivity contribution in [2.24, 2.45) is 0 Å². The van der Waals surface area contributed by atoms with Crippen LogP contribution in [0.2, 0.25) is 0 Å². The highest BCUT2D eigenvalue weighted by Gasteiger charge is 2.28. The maximum Gasteiger partial charge on any atom is 0.422 e. The van der Waals surface area contributed by atoms with Crippen LogP contribution in [0.1, 0.15) is 12.0 Å². The number of halogens is 3. The van der Waals surface area contributed by atoms with Gasteiger partial charge in [0.25, 0.3) is 0 Å². The number of hydrogen-bond acceptors (Lipinski definition) is 4. The average molecular weight is 348 g/mol. The second-order valence-corrected chi connectivity index (χ2v) is 5.21. The van der Waals surface area contributed by atoms with Gasteiger partial charge in [-0.1, -0.05) is 12.1 Å². The number of rotatable bonds is 9. The van der Waals surface area contributed by atoms with E-state index in [0.717, 1.165) is 0 Å². The molecule has 0 saturated heterocycles. The molecule has 0 aliphatic heterocycles. The van der Waals surface area contributed by atoms with E-state index in [2.05, 4.69) is 10.1 Å². The molecule has 0 bridgehead atoms. The van der Waals surface area contributed by atoms with Crippen LogP contribution in [0.4, 0.5) is 13.2 Å². The molecule has 134 valence electrons. The molecule has 0 aromatic heterocycles. The Kier molecular flexibility index (Phi) is 7.50. The fourth-order valence-electron chi connectivity index (χ4n) is 1.78. The second-order valence-electron chi connectivity index (χ2n) is 5.21. The summed E-state index contributed by atoms with van der Waals surface area (Å²) in [6.07, 6.45) is -4.48. The van der Waals surface area contributed by atoms with Crippen molar-refractivity contribution in [3.63, 3.8) is 0 Å². The summed E-state index contributed by atoms with van der Waals surface area (Å²) in [6.45, 7) is -0.979. The number of aliphatic carboxylic acids is 1. The summed E-state index contributed by atoms with van der Waals surface area (Å²) < 4.78 is 41.0. The van der Waals surface area contributed by atoms with Crippen molar-refractivity contribution in [2.45, 2.75) is 19.1 Å². The molecular formula is C15H19F3N2O4. The maximum absolute atomic E-state index is 12.1. The van der Waals surface area contributed by atoms with E-state index in [1.165, 1.54) is 18.2 Å². The highest BCUT2D eigenvalue weighted by atomic mass is 19.4. The number of carboxylic acid groups (broad SMARTS) is 1. The quantitative estimate of drug-likeness (QED) is 0.709. The summed E-state index contributed by atoms with van der Waals surface area (Å²) in [4.78, 5) is 23.7. The number of carbonyl (C=O) groups is 2. The Morgan fingerprint density at radius 2 is 2.04 bits per heavy atom. The lowest BCUT2D eigenvalue weighted by Gasteiger charge is -2.15. The Hall–Kier alpha value is -2.29. The Balaban J connectivity index is 2.41. The van der Waals surface area contributed by atoms with Gasteiger partial charge in [-0.3, -0.25) is 14.5 Å². The minimum Gasteiger partial charge on any atom is -0.484 e. The van der Waals surface area contributed by atoms with Crippen LogP contribution in [-0.2, 0) is 16.1 Å². The number of ether oxygens (including phenoxy) is 1. The van der Waals surface area contributed by atoms with Crippen molar-refractivity contribution in [1.29, 1.82) is 0 Å². The van der Waals surface area contributed by atoms with Crippen LogP contribution in [-0.4, -0.2) is 54.8 Å². The molecule has 0 spiro atoms. The summed E-state index contributed by atoms with van der Waals surface area (Å²) in [7, 11) is 1.62. The first-order chi connectivity index (χ1) is 11.2. The van der Waals surface area contributed by atoms with Crippen LogP contribution in [0, 0.1) is 0 Å². The standard InChI is InChI=1S/C15H19F3N2O4/c1-20(6-5-14(22)23)9-13(21)19-8-11-3-2-4-12(7-11)24-10-15(16,17)18/h2-4,7H,5-6,8-10H2,1H3,(H,19,21)(H,22,23). The summed E-state index contributed by atoms with van der Waals surface area (Å²) in [5.74, 6) is -1.19. The van der Waals surface area contributed by atoms with Crippen LogP contribution in [0.25, 0.3) is 0 Å². The van der Waals surface area contributed by atoms with Gasteiger partial charge in [0.15, 0.2) is 6.61 Å². The van der Waals surface area contributed by atoms with Crippen molar-refractivity contribution in [3.8, 4) is 5.75 Å². The first-order valence-corrected chi connectivity index (χ1v) is 7.11. The van der Waals surface area contributed by atoms with Gasteiger partial charge < -0.3 is 15.2 Å². The van der Waals surface area contributed by atoms with Crippen LogP contribution in [0.5, 0.6) is 5.75 Å². The van der Waals surface area contributed by atoms with Gasteiger partial charge in [-0.15, -0.1) is 0 Å². The highest BCUT2D eigenvalue weighted by Crippen LogP contribution is 2.19. The van der Waals surface area contributed by atoms with E-state index in [4.69, 9.17) is 5.11 Å². The average Bonchev–Trinajstić information content (AvgIpc) is 2.49. The molecule has 0 radical (unpaired) electrons. The monoisotopic (exact) mass is 348 g/mol. The van der Waals surface area contributed by atoms with E-state index in [1.807, 2.05) is 0 Å². The molecule has 1 aromatic rings. The summed E-state index contributed by atoms with van der Waals surface area (Å²) in [6, 6.07) is 6.00. The number of amides is 1. The van der Waals surface area contributed by atoms with Gasteiger partial charge in [0.2, 0.25) is 5.91 Å². The second kappa shape index (κ2) is 9.11. The molecule has 6 nitrogen and oxygen atoms in total. The molecule has 0 heterocycles. The topological polar surface area (TPSA) is 78.9 Å². The van der Waals surface area contributed by atoms with Gasteiger partial charge in [-0.2, -0.15) is 13.2 Å². The molecule has 0 saturated carbocycles. The Morgan fingerprint density at radius 1 is 1.33 bits per heavy atom. The van der Waals surface area contributed by atoms with Gasteiger partial charge in [0.1, 0.15) is 5.75 Å². The lowest BCUT2D eigenvalue weighted by molar-refractivity contribution is -0.153. The Morgan fingerprint density at radius 3 is 2.67 bits per heavy atom. The van der Waals surface area contributed by atoms with Crippen molar-refractivity contribution in [1.82, 2.24) is 10.2 Å². The Labute approximate surface area is 137 Å². The first-order valence-electron chi connectivity index (χ1n) is 7.11. The molecule has 0 aliphatic rings. The largest absolute Gasteiger partial charge is 0.484 e. The summed E-state index contributed by atoms with van der Waals surface area (Å²) in [5, 5.41) is 11.2. The molecule has 0 aliphatic carbocycles. The number of hydrogen-bond donors (Lipinski definition) is 2. The van der Waals surface area contributed by atoms with E-state index < -0.39 is 18.8 Å². The molecule has 0 atom stereocenters. The number of nitrogens with one attached hydrogen (secondary N) is 1. The van der Waals surface area contributed by atoms with E-state index in [0.29, 0.717) is 5.56 Å². The van der Waals surface area contributed by atoms with E-state index >= 15 is 0 Å². The third-order valence-electron chi connectivity index (χ3n) is 2.91. The number of carbonyl (C=O) groups excluding carboxylic acids is 1. The molecule has 9 heteroatoms. The van der Waals surface area contributed by atoms with Gasteiger partial charge in [0.05, 0.1) is 13.0 Å². The lowest BCUT2D eigenvalue weighted by Crippen LogP contribution is -2.35. The fourth-order valence-corrected chi connectivity index (χ4v) is 1.78. The van der Waals surface area contributed by atoms with Crippen molar-refractivity contribution in [2.75, 3.05) is 26.7 Å². The maximum atomic E-state index is 12.1. The summed E-state index contributed by atoms with van der Waals surface area (Å²) >= 11 is 0. The molecule has 2 N–H and O–H groups in total. The molecule has 1 aromatic carbocycles.